The molecule has 0 aliphatic rings. The van der Waals surface area contributed by atoms with Crippen molar-refractivity contribution >= 4 is 0 Å². The highest BCUT2D eigenvalue weighted by Crippen LogP contribution is 2.25. The van der Waals surface area contributed by atoms with Crippen LogP contribution in [-0.2, 0) is 4.74 Å². The van der Waals surface area contributed by atoms with Crippen LogP contribution in [0.15, 0.2) is 30.3 Å². The first-order chi connectivity index (χ1) is 7.09. The smallest absolute Gasteiger partial charge is 0.106 e. The molecular weight excluding hydrogens is 188 g/mol. The zero-order chi connectivity index (χ0) is 11.3. The zero-order valence-electron chi connectivity index (χ0n) is 9.73. The average molecular weight is 208 g/mol. The number of ether oxygens (including phenoxy) is 1. The lowest BCUT2D eigenvalue weighted by atomic mass is 10.0. The number of hydrogen-bond donors (Lipinski definition) is 1. The van der Waals surface area contributed by atoms with Crippen molar-refractivity contribution < 1.29 is 9.84 Å². The Labute approximate surface area is 91.9 Å². The summed E-state index contributed by atoms with van der Waals surface area (Å²) in [6.07, 6.45) is 0.706. The second-order valence-corrected chi connectivity index (χ2v) is 4.31. The van der Waals surface area contributed by atoms with Crippen LogP contribution in [0.4, 0.5) is 0 Å². The minimum atomic E-state index is -0.221. The predicted molar refractivity (Wildman–Crippen MR) is 61.7 cm³/mol. The van der Waals surface area contributed by atoms with Gasteiger partial charge in [-0.15, -0.1) is 0 Å². The van der Waals surface area contributed by atoms with Gasteiger partial charge in [0.15, 0.2) is 0 Å². The standard InChI is InChI=1S/C13H20O2/c1-4-13(2,3)15-12(10-14)11-8-6-5-7-9-11/h5-9,12,14H,4,10H2,1-3H3. The molecule has 0 fully saturated rings. The Morgan fingerprint density at radius 3 is 2.33 bits per heavy atom. The topological polar surface area (TPSA) is 29.5 Å². The average Bonchev–Trinajstić information content (AvgIpc) is 2.27. The molecule has 2 nitrogen and oxygen atoms in total. The van der Waals surface area contributed by atoms with Gasteiger partial charge in [-0.05, 0) is 25.8 Å². The van der Waals surface area contributed by atoms with Crippen LogP contribution in [0.5, 0.6) is 0 Å². The quantitative estimate of drug-likeness (QED) is 0.806. The van der Waals surface area contributed by atoms with Gasteiger partial charge in [0.25, 0.3) is 0 Å². The number of aliphatic hydroxyl groups is 1. The van der Waals surface area contributed by atoms with Crippen molar-refractivity contribution in [2.75, 3.05) is 6.61 Å². The number of aliphatic hydroxyl groups excluding tert-OH is 1. The van der Waals surface area contributed by atoms with Gasteiger partial charge >= 0.3 is 0 Å². The molecule has 1 aromatic rings. The van der Waals surface area contributed by atoms with E-state index in [4.69, 9.17) is 4.74 Å². The number of rotatable bonds is 5. The summed E-state index contributed by atoms with van der Waals surface area (Å²) >= 11 is 0. The monoisotopic (exact) mass is 208 g/mol. The Hall–Kier alpha value is -0.860. The largest absolute Gasteiger partial charge is 0.393 e. The van der Waals surface area contributed by atoms with Crippen molar-refractivity contribution in [1.82, 2.24) is 0 Å². The third-order valence-electron chi connectivity index (χ3n) is 2.65. The molecule has 1 aromatic carbocycles. The normalized spacial score (nSPS) is 13.9. The van der Waals surface area contributed by atoms with E-state index in [1.807, 2.05) is 44.2 Å². The maximum Gasteiger partial charge on any atom is 0.106 e. The highest BCUT2D eigenvalue weighted by Gasteiger charge is 2.22. The molecular formula is C13H20O2. The molecule has 1 rings (SSSR count). The summed E-state index contributed by atoms with van der Waals surface area (Å²) in [6.45, 7) is 6.18. The first kappa shape index (κ1) is 12.2. The van der Waals surface area contributed by atoms with Crippen LogP contribution in [0.25, 0.3) is 0 Å². The Morgan fingerprint density at radius 1 is 1.27 bits per heavy atom. The van der Waals surface area contributed by atoms with E-state index < -0.39 is 0 Å². The molecule has 1 atom stereocenters. The van der Waals surface area contributed by atoms with Gasteiger partial charge < -0.3 is 9.84 Å². The Bertz CT molecular complexity index is 280. The number of hydrogen-bond acceptors (Lipinski definition) is 2. The summed E-state index contributed by atoms with van der Waals surface area (Å²) in [6, 6.07) is 9.84. The first-order valence-corrected chi connectivity index (χ1v) is 5.42. The molecule has 0 spiro atoms. The molecule has 0 saturated carbocycles. The van der Waals surface area contributed by atoms with Crippen molar-refractivity contribution in [3.05, 3.63) is 35.9 Å². The molecule has 0 heterocycles. The van der Waals surface area contributed by atoms with Gasteiger partial charge in [0, 0.05) is 0 Å². The first-order valence-electron chi connectivity index (χ1n) is 5.42. The van der Waals surface area contributed by atoms with Crippen LogP contribution in [0, 0.1) is 0 Å². The summed E-state index contributed by atoms with van der Waals surface area (Å²) in [7, 11) is 0. The van der Waals surface area contributed by atoms with Gasteiger partial charge in [0.2, 0.25) is 0 Å². The van der Waals surface area contributed by atoms with E-state index in [2.05, 4.69) is 6.92 Å². The van der Waals surface area contributed by atoms with Crippen LogP contribution >= 0.6 is 0 Å². The van der Waals surface area contributed by atoms with Crippen LogP contribution in [0.2, 0.25) is 0 Å². The third kappa shape index (κ3) is 3.65. The summed E-state index contributed by atoms with van der Waals surface area (Å²) in [5, 5.41) is 9.31. The fraction of sp³-hybridized carbons (Fsp3) is 0.538. The second-order valence-electron chi connectivity index (χ2n) is 4.31. The predicted octanol–water partition coefficient (Wildman–Crippen LogP) is 2.93. The second kappa shape index (κ2) is 5.29. The molecule has 2 heteroatoms. The molecule has 0 radical (unpaired) electrons. The van der Waals surface area contributed by atoms with E-state index in [0.717, 1.165) is 12.0 Å². The maximum atomic E-state index is 9.31. The molecule has 84 valence electrons. The lowest BCUT2D eigenvalue weighted by Crippen LogP contribution is -2.27. The van der Waals surface area contributed by atoms with Crippen molar-refractivity contribution in [2.45, 2.75) is 38.9 Å². The van der Waals surface area contributed by atoms with Gasteiger partial charge in [0.1, 0.15) is 6.10 Å². The molecule has 0 aliphatic heterocycles. The zero-order valence-corrected chi connectivity index (χ0v) is 9.73. The van der Waals surface area contributed by atoms with E-state index in [9.17, 15) is 5.11 Å². The van der Waals surface area contributed by atoms with Gasteiger partial charge in [-0.1, -0.05) is 37.3 Å². The van der Waals surface area contributed by atoms with Gasteiger partial charge in [-0.2, -0.15) is 0 Å². The van der Waals surface area contributed by atoms with Crippen molar-refractivity contribution in [2.24, 2.45) is 0 Å². The van der Waals surface area contributed by atoms with Crippen molar-refractivity contribution in [3.63, 3.8) is 0 Å². The fourth-order valence-corrected chi connectivity index (χ4v) is 1.35. The fourth-order valence-electron chi connectivity index (χ4n) is 1.35. The third-order valence-corrected chi connectivity index (χ3v) is 2.65. The maximum absolute atomic E-state index is 9.31. The van der Waals surface area contributed by atoms with Crippen molar-refractivity contribution in [1.29, 1.82) is 0 Å². The van der Waals surface area contributed by atoms with E-state index in [0.29, 0.717) is 0 Å². The van der Waals surface area contributed by atoms with Crippen LogP contribution < -0.4 is 0 Å². The van der Waals surface area contributed by atoms with E-state index in [1.165, 1.54) is 0 Å². The van der Waals surface area contributed by atoms with Gasteiger partial charge in [-0.25, -0.2) is 0 Å². The van der Waals surface area contributed by atoms with E-state index in [-0.39, 0.29) is 18.3 Å². The van der Waals surface area contributed by atoms with Crippen molar-refractivity contribution in [3.8, 4) is 0 Å². The lowest BCUT2D eigenvalue weighted by molar-refractivity contribution is -0.0941. The summed E-state index contributed by atoms with van der Waals surface area (Å²) in [5.41, 5.74) is 0.838. The number of benzene rings is 1. The van der Waals surface area contributed by atoms with Crippen LogP contribution in [0.1, 0.15) is 38.9 Å². The minimum Gasteiger partial charge on any atom is -0.393 e. The molecule has 0 aromatic heterocycles. The SMILES string of the molecule is CCC(C)(C)OC(CO)c1ccccc1. The van der Waals surface area contributed by atoms with Crippen LogP contribution in [-0.4, -0.2) is 17.3 Å². The summed E-state index contributed by atoms with van der Waals surface area (Å²) in [4.78, 5) is 0. The highest BCUT2D eigenvalue weighted by atomic mass is 16.5. The molecule has 0 bridgehead atoms. The molecule has 0 amide bonds. The van der Waals surface area contributed by atoms with Gasteiger partial charge in [-0.3, -0.25) is 0 Å². The molecule has 1 N–H and O–H groups in total. The summed E-state index contributed by atoms with van der Waals surface area (Å²) < 4.78 is 5.87. The van der Waals surface area contributed by atoms with E-state index >= 15 is 0 Å². The van der Waals surface area contributed by atoms with Crippen LogP contribution in [0.3, 0.4) is 0 Å². The highest BCUT2D eigenvalue weighted by molar-refractivity contribution is 5.17. The Balaban J connectivity index is 2.73. The minimum absolute atomic E-state index is 0.0213. The lowest BCUT2D eigenvalue weighted by Gasteiger charge is -2.29. The molecule has 0 saturated heterocycles. The van der Waals surface area contributed by atoms with Gasteiger partial charge in [0.05, 0.1) is 12.2 Å². The Morgan fingerprint density at radius 2 is 1.87 bits per heavy atom. The summed E-state index contributed by atoms with van der Waals surface area (Å²) in [5.74, 6) is 0. The Kier molecular flexibility index (Phi) is 4.30. The molecule has 0 aliphatic carbocycles. The molecule has 15 heavy (non-hydrogen) atoms. The van der Waals surface area contributed by atoms with E-state index in [1.54, 1.807) is 0 Å². The molecule has 1 unspecified atom stereocenters.